The van der Waals surface area contributed by atoms with E-state index in [4.69, 9.17) is 5.26 Å². The molecular formula is C19H22N4O3. The Kier molecular flexibility index (Phi) is 5.78. The first kappa shape index (κ1) is 19.2. The Balaban J connectivity index is 2.25. The molecule has 1 aromatic carbocycles. The number of amides is 1. The lowest BCUT2D eigenvalue weighted by molar-refractivity contribution is -0.122. The second-order valence-corrected chi connectivity index (χ2v) is 6.25. The highest BCUT2D eigenvalue weighted by Gasteiger charge is 2.16. The average Bonchev–Trinajstić information content (AvgIpc) is 2.61. The van der Waals surface area contributed by atoms with Crippen LogP contribution >= 0.6 is 0 Å². The number of hydrogen-bond acceptors (Lipinski definition) is 4. The van der Waals surface area contributed by atoms with Crippen LogP contribution in [0.25, 0.3) is 0 Å². The lowest BCUT2D eigenvalue weighted by Crippen LogP contribution is -2.44. The molecule has 1 amide bonds. The predicted octanol–water partition coefficient (Wildman–Crippen LogP) is 1.40. The van der Waals surface area contributed by atoms with Gasteiger partial charge in [-0.3, -0.25) is 14.2 Å². The van der Waals surface area contributed by atoms with Crippen molar-refractivity contribution in [2.24, 2.45) is 0 Å². The molecular weight excluding hydrogens is 332 g/mol. The van der Waals surface area contributed by atoms with E-state index in [-0.39, 0.29) is 11.6 Å². The molecule has 1 unspecified atom stereocenters. The molecule has 26 heavy (non-hydrogen) atoms. The van der Waals surface area contributed by atoms with Crippen LogP contribution in [-0.4, -0.2) is 15.0 Å². The molecule has 0 saturated carbocycles. The zero-order chi connectivity index (χ0) is 19.4. The Morgan fingerprint density at radius 1 is 1.27 bits per heavy atom. The normalized spacial score (nSPS) is 11.7. The van der Waals surface area contributed by atoms with Crippen LogP contribution in [0.2, 0.25) is 0 Å². The maximum absolute atomic E-state index is 12.3. The van der Waals surface area contributed by atoms with E-state index in [2.05, 4.69) is 5.32 Å². The maximum Gasteiger partial charge on any atom is 0.331 e. The van der Waals surface area contributed by atoms with E-state index in [1.54, 1.807) is 13.0 Å². The van der Waals surface area contributed by atoms with Gasteiger partial charge in [-0.15, -0.1) is 0 Å². The van der Waals surface area contributed by atoms with Crippen LogP contribution in [0.3, 0.4) is 0 Å². The first-order valence-electron chi connectivity index (χ1n) is 8.39. The first-order valence-corrected chi connectivity index (χ1v) is 8.39. The number of hydrogen-bond donors (Lipinski definition) is 1. The van der Waals surface area contributed by atoms with Crippen molar-refractivity contribution in [1.82, 2.24) is 14.5 Å². The smallest absolute Gasteiger partial charge is 0.331 e. The van der Waals surface area contributed by atoms with Gasteiger partial charge in [0.2, 0.25) is 5.91 Å². The third-order valence-electron chi connectivity index (χ3n) is 4.41. The van der Waals surface area contributed by atoms with Crippen molar-refractivity contribution >= 4 is 5.91 Å². The van der Waals surface area contributed by atoms with Gasteiger partial charge in [0.05, 0.1) is 6.04 Å². The SMILES string of the molecule is CCn1cc(C#N)c(=O)n(CC(=O)NC(C)c2ccc(C)c(C)c2)c1=O. The largest absolute Gasteiger partial charge is 0.348 e. The zero-order valence-electron chi connectivity index (χ0n) is 15.4. The lowest BCUT2D eigenvalue weighted by atomic mass is 10.0. The van der Waals surface area contributed by atoms with Gasteiger partial charge in [-0.05, 0) is 44.4 Å². The Morgan fingerprint density at radius 3 is 2.54 bits per heavy atom. The van der Waals surface area contributed by atoms with E-state index in [1.807, 2.05) is 39.0 Å². The van der Waals surface area contributed by atoms with Crippen LogP contribution in [0.1, 0.15) is 42.1 Å². The third-order valence-corrected chi connectivity index (χ3v) is 4.41. The maximum atomic E-state index is 12.3. The van der Waals surface area contributed by atoms with Gasteiger partial charge in [0.15, 0.2) is 0 Å². The van der Waals surface area contributed by atoms with Crippen molar-refractivity contribution in [2.75, 3.05) is 0 Å². The lowest BCUT2D eigenvalue weighted by Gasteiger charge is -2.16. The second kappa shape index (κ2) is 7.83. The van der Waals surface area contributed by atoms with Gasteiger partial charge in [0.1, 0.15) is 18.2 Å². The Labute approximate surface area is 151 Å². The second-order valence-electron chi connectivity index (χ2n) is 6.25. The molecule has 0 aliphatic carbocycles. The zero-order valence-corrected chi connectivity index (χ0v) is 15.4. The summed E-state index contributed by atoms with van der Waals surface area (Å²) in [6.45, 7) is 7.43. The molecule has 0 bridgehead atoms. The number of aromatic nitrogens is 2. The van der Waals surface area contributed by atoms with E-state index in [1.165, 1.54) is 10.8 Å². The van der Waals surface area contributed by atoms with Gasteiger partial charge in [-0.25, -0.2) is 9.36 Å². The number of benzene rings is 1. The van der Waals surface area contributed by atoms with Crippen LogP contribution in [0.15, 0.2) is 34.0 Å². The highest BCUT2D eigenvalue weighted by Crippen LogP contribution is 2.16. The number of carbonyl (C=O) groups excluding carboxylic acids is 1. The van der Waals surface area contributed by atoms with Crippen LogP contribution < -0.4 is 16.6 Å². The number of aryl methyl sites for hydroxylation is 3. The van der Waals surface area contributed by atoms with E-state index < -0.39 is 23.7 Å². The topological polar surface area (TPSA) is 96.9 Å². The van der Waals surface area contributed by atoms with Crippen molar-refractivity contribution in [3.63, 3.8) is 0 Å². The molecule has 1 N–H and O–H groups in total. The van der Waals surface area contributed by atoms with Crippen molar-refractivity contribution in [1.29, 1.82) is 5.26 Å². The summed E-state index contributed by atoms with van der Waals surface area (Å²) in [6, 6.07) is 7.39. The van der Waals surface area contributed by atoms with Crippen molar-refractivity contribution in [3.05, 3.63) is 67.5 Å². The number of nitrogens with zero attached hydrogens (tertiary/aromatic N) is 3. The summed E-state index contributed by atoms with van der Waals surface area (Å²) < 4.78 is 2.03. The molecule has 0 radical (unpaired) electrons. The Hall–Kier alpha value is -3.14. The van der Waals surface area contributed by atoms with Crippen LogP contribution in [0, 0.1) is 25.2 Å². The van der Waals surface area contributed by atoms with Gasteiger partial charge in [0.25, 0.3) is 5.56 Å². The Morgan fingerprint density at radius 2 is 1.96 bits per heavy atom. The fraction of sp³-hybridized carbons (Fsp3) is 0.368. The fourth-order valence-electron chi connectivity index (χ4n) is 2.64. The first-order chi connectivity index (χ1) is 12.3. The molecule has 7 nitrogen and oxygen atoms in total. The minimum Gasteiger partial charge on any atom is -0.348 e. The molecule has 0 fully saturated rings. The molecule has 1 atom stereocenters. The summed E-state index contributed by atoms with van der Waals surface area (Å²) >= 11 is 0. The van der Waals surface area contributed by atoms with Crippen LogP contribution in [0.5, 0.6) is 0 Å². The molecule has 0 aliphatic rings. The third kappa shape index (κ3) is 3.91. The van der Waals surface area contributed by atoms with Gasteiger partial charge < -0.3 is 5.32 Å². The molecule has 0 aliphatic heterocycles. The Bertz CT molecular complexity index is 995. The van der Waals surface area contributed by atoms with Crippen molar-refractivity contribution in [2.45, 2.75) is 46.8 Å². The average molecular weight is 354 g/mol. The number of nitrogens with one attached hydrogen (secondary N) is 1. The van der Waals surface area contributed by atoms with E-state index in [0.717, 1.165) is 21.3 Å². The van der Waals surface area contributed by atoms with Crippen molar-refractivity contribution in [3.8, 4) is 6.07 Å². The standard InChI is InChI=1S/C19H22N4O3/c1-5-22-10-16(9-20)18(25)23(19(22)26)11-17(24)21-14(4)15-7-6-12(2)13(3)8-15/h6-8,10,14H,5,11H2,1-4H3,(H,21,24). The van der Waals surface area contributed by atoms with Crippen molar-refractivity contribution < 1.29 is 4.79 Å². The van der Waals surface area contributed by atoms with E-state index in [9.17, 15) is 14.4 Å². The number of nitriles is 1. The summed E-state index contributed by atoms with van der Waals surface area (Å²) in [7, 11) is 0. The quantitative estimate of drug-likeness (QED) is 0.877. The molecule has 0 saturated heterocycles. The summed E-state index contributed by atoms with van der Waals surface area (Å²) in [5.41, 5.74) is 1.69. The molecule has 2 rings (SSSR count). The monoisotopic (exact) mass is 354 g/mol. The summed E-state index contributed by atoms with van der Waals surface area (Å²) in [5, 5.41) is 11.8. The molecule has 136 valence electrons. The summed E-state index contributed by atoms with van der Waals surface area (Å²) in [6.07, 6.45) is 1.22. The molecule has 7 heteroatoms. The molecule has 2 aromatic rings. The molecule has 1 heterocycles. The molecule has 1 aromatic heterocycles. The number of carbonyl (C=O) groups is 1. The highest BCUT2D eigenvalue weighted by atomic mass is 16.2. The minimum atomic E-state index is -0.754. The molecule has 0 spiro atoms. The van der Waals surface area contributed by atoms with Crippen LogP contribution in [0.4, 0.5) is 0 Å². The summed E-state index contributed by atoms with van der Waals surface area (Å²) in [5.74, 6) is -0.465. The number of rotatable bonds is 5. The predicted molar refractivity (Wildman–Crippen MR) is 97.8 cm³/mol. The van der Waals surface area contributed by atoms with Crippen LogP contribution in [-0.2, 0) is 17.9 Å². The van der Waals surface area contributed by atoms with Gasteiger partial charge in [0, 0.05) is 12.7 Å². The highest BCUT2D eigenvalue weighted by molar-refractivity contribution is 5.76. The van der Waals surface area contributed by atoms with Gasteiger partial charge >= 0.3 is 5.69 Å². The fourth-order valence-corrected chi connectivity index (χ4v) is 2.64. The summed E-state index contributed by atoms with van der Waals surface area (Å²) in [4.78, 5) is 36.9. The minimum absolute atomic E-state index is 0.165. The van der Waals surface area contributed by atoms with E-state index >= 15 is 0 Å². The van der Waals surface area contributed by atoms with E-state index in [0.29, 0.717) is 6.54 Å². The van der Waals surface area contributed by atoms with Gasteiger partial charge in [-0.2, -0.15) is 5.26 Å². The van der Waals surface area contributed by atoms with Gasteiger partial charge in [-0.1, -0.05) is 18.2 Å².